The fraction of sp³-hybridized carbons (Fsp3) is 0.385. The third kappa shape index (κ3) is 3.37. The van der Waals surface area contributed by atoms with Crippen LogP contribution < -0.4 is 5.32 Å². The fourth-order valence-corrected chi connectivity index (χ4v) is 2.58. The van der Waals surface area contributed by atoms with Crippen LogP contribution in [-0.2, 0) is 9.84 Å². The van der Waals surface area contributed by atoms with E-state index >= 15 is 0 Å². The molecule has 0 bridgehead atoms. The monoisotopic (exact) mass is 313 g/mol. The van der Waals surface area contributed by atoms with E-state index in [2.05, 4.69) is 15.3 Å². The number of halogens is 1. The minimum absolute atomic E-state index is 0.0674. The van der Waals surface area contributed by atoms with E-state index in [9.17, 15) is 8.42 Å². The van der Waals surface area contributed by atoms with E-state index in [1.54, 1.807) is 18.2 Å². The van der Waals surface area contributed by atoms with Gasteiger partial charge in [0.15, 0.2) is 20.7 Å². The zero-order valence-corrected chi connectivity index (χ0v) is 13.3. The second kappa shape index (κ2) is 4.86. The molecule has 0 unspecified atom stereocenters. The second-order valence-electron chi connectivity index (χ2n) is 5.66. The van der Waals surface area contributed by atoms with Crippen LogP contribution in [0.3, 0.4) is 0 Å². The van der Waals surface area contributed by atoms with Gasteiger partial charge in [0.1, 0.15) is 0 Å². The van der Waals surface area contributed by atoms with Gasteiger partial charge in [-0.05, 0) is 39.0 Å². The number of sulfone groups is 1. The molecule has 5 nitrogen and oxygen atoms in total. The van der Waals surface area contributed by atoms with Crippen LogP contribution in [0.2, 0.25) is 5.02 Å². The molecule has 0 saturated carbocycles. The molecule has 0 aliphatic carbocycles. The molecular weight excluding hydrogens is 298 g/mol. The van der Waals surface area contributed by atoms with E-state index in [4.69, 9.17) is 11.6 Å². The number of aromatic nitrogens is 2. The molecule has 0 spiro atoms. The predicted molar refractivity (Wildman–Crippen MR) is 81.0 cm³/mol. The number of nitrogens with zero attached hydrogens (tertiary/aromatic N) is 2. The highest BCUT2D eigenvalue weighted by molar-refractivity contribution is 7.90. The average molecular weight is 314 g/mol. The molecule has 0 aliphatic rings. The van der Waals surface area contributed by atoms with Crippen molar-refractivity contribution < 1.29 is 8.42 Å². The molecular formula is C13H16ClN3O2S. The van der Waals surface area contributed by atoms with Crippen molar-refractivity contribution >= 4 is 38.3 Å². The van der Waals surface area contributed by atoms with Gasteiger partial charge >= 0.3 is 0 Å². The highest BCUT2D eigenvalue weighted by Gasteiger charge is 2.22. The van der Waals surface area contributed by atoms with Crippen molar-refractivity contribution in [3.63, 3.8) is 0 Å². The maximum atomic E-state index is 11.9. The van der Waals surface area contributed by atoms with Gasteiger partial charge in [0.25, 0.3) is 0 Å². The molecule has 1 aromatic carbocycles. The zero-order valence-electron chi connectivity index (χ0n) is 11.7. The van der Waals surface area contributed by atoms with Crippen molar-refractivity contribution in [1.82, 2.24) is 9.97 Å². The summed E-state index contributed by atoms with van der Waals surface area (Å²) < 4.78 is 23.8. The number of hydrogen-bond acceptors (Lipinski definition) is 5. The zero-order chi connectivity index (χ0) is 15.1. The van der Waals surface area contributed by atoms with Crippen LogP contribution >= 0.6 is 11.6 Å². The van der Waals surface area contributed by atoms with Crippen molar-refractivity contribution in [2.24, 2.45) is 0 Å². The van der Waals surface area contributed by atoms with Crippen LogP contribution in [0.1, 0.15) is 20.8 Å². The molecule has 0 fully saturated rings. The largest absolute Gasteiger partial charge is 0.363 e. The van der Waals surface area contributed by atoms with Crippen molar-refractivity contribution in [3.05, 3.63) is 23.2 Å². The SMILES string of the molecule is CC(C)(C)Nc1nc2ccc(Cl)cc2nc1S(C)(=O)=O. The van der Waals surface area contributed by atoms with E-state index in [1.807, 2.05) is 20.8 Å². The smallest absolute Gasteiger partial charge is 0.198 e. The topological polar surface area (TPSA) is 72.0 Å². The average Bonchev–Trinajstić information content (AvgIpc) is 2.25. The Morgan fingerprint density at radius 1 is 1.15 bits per heavy atom. The maximum absolute atomic E-state index is 11.9. The Morgan fingerprint density at radius 2 is 1.80 bits per heavy atom. The summed E-state index contributed by atoms with van der Waals surface area (Å²) in [6.45, 7) is 5.77. The minimum atomic E-state index is -3.49. The van der Waals surface area contributed by atoms with Gasteiger partial charge in [0, 0.05) is 16.8 Å². The highest BCUT2D eigenvalue weighted by Crippen LogP contribution is 2.25. The van der Waals surface area contributed by atoms with Crippen molar-refractivity contribution in [2.45, 2.75) is 31.3 Å². The molecule has 0 atom stereocenters. The van der Waals surface area contributed by atoms with Gasteiger partial charge in [-0.25, -0.2) is 18.4 Å². The minimum Gasteiger partial charge on any atom is -0.363 e. The van der Waals surface area contributed by atoms with Gasteiger partial charge in [0.2, 0.25) is 0 Å². The third-order valence-electron chi connectivity index (χ3n) is 2.44. The lowest BCUT2D eigenvalue weighted by Gasteiger charge is -2.22. The van der Waals surface area contributed by atoms with E-state index in [0.29, 0.717) is 16.1 Å². The summed E-state index contributed by atoms with van der Waals surface area (Å²) in [5.41, 5.74) is 0.722. The summed E-state index contributed by atoms with van der Waals surface area (Å²) in [7, 11) is -3.49. The number of benzene rings is 1. The Balaban J connectivity index is 2.74. The van der Waals surface area contributed by atoms with Gasteiger partial charge in [0.05, 0.1) is 11.0 Å². The summed E-state index contributed by atoms with van der Waals surface area (Å²) in [5, 5.41) is 3.50. The Morgan fingerprint density at radius 3 is 2.35 bits per heavy atom. The lowest BCUT2D eigenvalue weighted by atomic mass is 10.1. The predicted octanol–water partition coefficient (Wildman–Crippen LogP) is 2.90. The number of hydrogen-bond donors (Lipinski definition) is 1. The second-order valence-corrected chi connectivity index (χ2v) is 8.03. The number of anilines is 1. The number of fused-ring (bicyclic) bond motifs is 1. The molecule has 2 rings (SSSR count). The van der Waals surface area contributed by atoms with Gasteiger partial charge in [-0.3, -0.25) is 0 Å². The first-order valence-corrected chi connectivity index (χ1v) is 8.29. The number of rotatable bonds is 2. The van der Waals surface area contributed by atoms with Crippen molar-refractivity contribution in [1.29, 1.82) is 0 Å². The molecule has 0 saturated heterocycles. The summed E-state index contributed by atoms with van der Waals surface area (Å²) in [5.74, 6) is 0.259. The Bertz CT molecular complexity index is 767. The molecule has 0 aliphatic heterocycles. The van der Waals surface area contributed by atoms with Crippen LogP contribution in [-0.4, -0.2) is 30.2 Å². The summed E-state index contributed by atoms with van der Waals surface area (Å²) in [6.07, 6.45) is 1.11. The van der Waals surface area contributed by atoms with Crippen LogP contribution in [0.25, 0.3) is 11.0 Å². The van der Waals surface area contributed by atoms with E-state index < -0.39 is 9.84 Å². The first-order valence-electron chi connectivity index (χ1n) is 6.02. The summed E-state index contributed by atoms with van der Waals surface area (Å²) in [6, 6.07) is 5.00. The van der Waals surface area contributed by atoms with Gasteiger partial charge in [-0.2, -0.15) is 0 Å². The Hall–Kier alpha value is -1.40. The van der Waals surface area contributed by atoms with E-state index in [1.165, 1.54) is 0 Å². The third-order valence-corrected chi connectivity index (χ3v) is 3.66. The van der Waals surface area contributed by atoms with Crippen LogP contribution in [0.4, 0.5) is 5.82 Å². The van der Waals surface area contributed by atoms with E-state index in [-0.39, 0.29) is 16.4 Å². The molecule has 0 amide bonds. The molecule has 1 heterocycles. The Kier molecular flexibility index (Phi) is 3.64. The lowest BCUT2D eigenvalue weighted by molar-refractivity contribution is 0.595. The first-order chi connectivity index (χ1) is 9.06. The van der Waals surface area contributed by atoms with Gasteiger partial charge < -0.3 is 5.32 Å². The lowest BCUT2D eigenvalue weighted by Crippen LogP contribution is -2.28. The standard InChI is InChI=1S/C13H16ClN3O2S/c1-13(2,3)17-11-12(20(4,18)19)16-10-7-8(14)5-6-9(10)15-11/h5-7H,1-4H3,(H,15,17). The molecule has 20 heavy (non-hydrogen) atoms. The number of nitrogens with one attached hydrogen (secondary N) is 1. The maximum Gasteiger partial charge on any atom is 0.198 e. The molecule has 1 aromatic heterocycles. The van der Waals surface area contributed by atoms with Gasteiger partial charge in [-0.15, -0.1) is 0 Å². The molecule has 0 radical (unpaired) electrons. The molecule has 1 N–H and O–H groups in total. The fourth-order valence-electron chi connectivity index (χ4n) is 1.71. The van der Waals surface area contributed by atoms with Gasteiger partial charge in [-0.1, -0.05) is 11.6 Å². The normalized spacial score (nSPS) is 12.7. The van der Waals surface area contributed by atoms with E-state index in [0.717, 1.165) is 6.26 Å². The Labute approximate surface area is 123 Å². The highest BCUT2D eigenvalue weighted by atomic mass is 35.5. The quantitative estimate of drug-likeness (QED) is 0.923. The molecule has 2 aromatic rings. The van der Waals surface area contributed by atoms with Crippen LogP contribution in [0.5, 0.6) is 0 Å². The molecule has 108 valence electrons. The van der Waals surface area contributed by atoms with Crippen LogP contribution in [0, 0.1) is 0 Å². The summed E-state index contributed by atoms with van der Waals surface area (Å²) in [4.78, 5) is 8.55. The molecule has 7 heteroatoms. The first kappa shape index (κ1) is 15.0. The van der Waals surface area contributed by atoms with Crippen molar-refractivity contribution in [3.8, 4) is 0 Å². The van der Waals surface area contributed by atoms with Crippen LogP contribution in [0.15, 0.2) is 23.2 Å². The van der Waals surface area contributed by atoms with Crippen molar-refractivity contribution in [2.75, 3.05) is 11.6 Å². The summed E-state index contributed by atoms with van der Waals surface area (Å²) >= 11 is 5.90.